The quantitative estimate of drug-likeness (QED) is 0.749. The number of likely N-dealkylation sites (N-methyl/N-ethyl adjacent to an activating group) is 1. The topological polar surface area (TPSA) is 78.1 Å². The fraction of sp³-hybridized carbons (Fsp3) is 0.750. The third kappa shape index (κ3) is 4.29. The Hall–Kier alpha value is -0.920. The number of rotatable bonds is 8. The van der Waals surface area contributed by atoms with E-state index in [1.807, 2.05) is 14.1 Å². The molecule has 2 N–H and O–H groups in total. The number of imidazole rings is 1. The lowest BCUT2D eigenvalue weighted by molar-refractivity contribution is 0.201. The third-order valence-corrected chi connectivity index (χ3v) is 4.85. The highest BCUT2D eigenvalue weighted by atomic mass is 32.2. The smallest absolute Gasteiger partial charge is 0.257 e. The van der Waals surface area contributed by atoms with E-state index >= 15 is 0 Å². The Morgan fingerprint density at radius 2 is 2.00 bits per heavy atom. The molecule has 0 saturated heterocycles. The molecule has 0 aliphatic rings. The van der Waals surface area contributed by atoms with Crippen LogP contribution in [0.1, 0.15) is 26.7 Å². The Bertz CT molecular complexity index is 452. The van der Waals surface area contributed by atoms with Gasteiger partial charge in [-0.15, -0.1) is 0 Å². The molecule has 1 aromatic heterocycles. The van der Waals surface area contributed by atoms with Crippen molar-refractivity contribution in [2.75, 3.05) is 20.6 Å². The molecule has 19 heavy (non-hydrogen) atoms. The maximum absolute atomic E-state index is 12.0. The number of hydrogen-bond donors (Lipinski definition) is 2. The normalized spacial score (nSPS) is 14.2. The molecule has 1 heterocycles. The number of aromatic amines is 1. The molecule has 0 saturated carbocycles. The molecule has 1 rings (SSSR count). The molecule has 0 fully saturated rings. The summed E-state index contributed by atoms with van der Waals surface area (Å²) in [6.07, 6.45) is 4.74. The van der Waals surface area contributed by atoms with Crippen LogP contribution in [0.4, 0.5) is 0 Å². The fourth-order valence-electron chi connectivity index (χ4n) is 2.27. The van der Waals surface area contributed by atoms with Crippen LogP contribution >= 0.6 is 0 Å². The molecule has 0 spiro atoms. The van der Waals surface area contributed by atoms with Crippen LogP contribution in [0.25, 0.3) is 0 Å². The molecular weight excluding hydrogens is 264 g/mol. The Kier molecular flexibility index (Phi) is 5.96. The maximum atomic E-state index is 12.0. The van der Waals surface area contributed by atoms with Crippen molar-refractivity contribution >= 4 is 10.0 Å². The van der Waals surface area contributed by atoms with Crippen molar-refractivity contribution in [1.82, 2.24) is 19.6 Å². The number of aromatic nitrogens is 2. The van der Waals surface area contributed by atoms with Gasteiger partial charge in [-0.3, -0.25) is 0 Å². The molecule has 110 valence electrons. The Morgan fingerprint density at radius 1 is 1.37 bits per heavy atom. The van der Waals surface area contributed by atoms with Crippen LogP contribution in [0.3, 0.4) is 0 Å². The van der Waals surface area contributed by atoms with Gasteiger partial charge in [0.15, 0.2) is 5.03 Å². The standard InChI is InChI=1S/C12H24N4O2S/c1-5-10(6-2)11(16(3)4)7-15-19(17,18)12-8-13-9-14-12/h8-11,15H,5-7H2,1-4H3,(H,13,14). The van der Waals surface area contributed by atoms with Gasteiger partial charge in [-0.25, -0.2) is 18.1 Å². The van der Waals surface area contributed by atoms with Gasteiger partial charge in [0, 0.05) is 12.6 Å². The minimum absolute atomic E-state index is 0.106. The summed E-state index contributed by atoms with van der Waals surface area (Å²) < 4.78 is 26.7. The van der Waals surface area contributed by atoms with Gasteiger partial charge in [0.05, 0.1) is 12.5 Å². The lowest BCUT2D eigenvalue weighted by Crippen LogP contribution is -2.44. The van der Waals surface area contributed by atoms with E-state index in [-0.39, 0.29) is 11.1 Å². The average molecular weight is 288 g/mol. The molecule has 0 bridgehead atoms. The molecule has 0 aliphatic carbocycles. The molecule has 7 heteroatoms. The van der Waals surface area contributed by atoms with Crippen molar-refractivity contribution < 1.29 is 8.42 Å². The molecule has 1 atom stereocenters. The molecular formula is C12H24N4O2S. The van der Waals surface area contributed by atoms with Gasteiger partial charge < -0.3 is 9.88 Å². The van der Waals surface area contributed by atoms with Gasteiger partial charge in [0.1, 0.15) is 0 Å². The first kappa shape index (κ1) is 16.1. The number of H-pyrrole nitrogens is 1. The highest BCUT2D eigenvalue weighted by molar-refractivity contribution is 7.89. The zero-order valence-corrected chi connectivity index (χ0v) is 12.9. The van der Waals surface area contributed by atoms with Gasteiger partial charge in [-0.1, -0.05) is 26.7 Å². The van der Waals surface area contributed by atoms with E-state index < -0.39 is 10.0 Å². The van der Waals surface area contributed by atoms with Crippen LogP contribution in [0, 0.1) is 5.92 Å². The fourth-order valence-corrected chi connectivity index (χ4v) is 3.22. The lowest BCUT2D eigenvalue weighted by Gasteiger charge is -2.31. The van der Waals surface area contributed by atoms with Gasteiger partial charge in [-0.05, 0) is 20.0 Å². The Morgan fingerprint density at radius 3 is 2.42 bits per heavy atom. The second kappa shape index (κ2) is 7.02. The van der Waals surface area contributed by atoms with E-state index in [1.54, 1.807) is 0 Å². The molecule has 0 amide bonds. The van der Waals surface area contributed by atoms with Crippen molar-refractivity contribution in [3.8, 4) is 0 Å². The predicted octanol–water partition coefficient (Wildman–Crippen LogP) is 1.05. The molecule has 1 aromatic rings. The monoisotopic (exact) mass is 288 g/mol. The molecule has 0 aliphatic heterocycles. The van der Waals surface area contributed by atoms with E-state index in [0.29, 0.717) is 12.5 Å². The van der Waals surface area contributed by atoms with Crippen LogP contribution in [0.5, 0.6) is 0 Å². The van der Waals surface area contributed by atoms with Crippen LogP contribution in [-0.4, -0.2) is 50.0 Å². The SMILES string of the molecule is CCC(CC)C(CNS(=O)(=O)c1cnc[nH]1)N(C)C. The first-order valence-electron chi connectivity index (χ1n) is 6.56. The summed E-state index contributed by atoms with van der Waals surface area (Å²) in [4.78, 5) is 8.42. The molecule has 6 nitrogen and oxygen atoms in total. The van der Waals surface area contributed by atoms with Gasteiger partial charge in [-0.2, -0.15) is 0 Å². The third-order valence-electron chi connectivity index (χ3n) is 3.50. The largest absolute Gasteiger partial charge is 0.335 e. The molecule has 0 aromatic carbocycles. The van der Waals surface area contributed by atoms with Crippen molar-refractivity contribution in [3.63, 3.8) is 0 Å². The van der Waals surface area contributed by atoms with Crippen molar-refractivity contribution in [2.45, 2.75) is 37.8 Å². The lowest BCUT2D eigenvalue weighted by atomic mass is 9.93. The Balaban J connectivity index is 2.72. The summed E-state index contributed by atoms with van der Waals surface area (Å²) in [5.74, 6) is 0.472. The zero-order chi connectivity index (χ0) is 14.5. The number of sulfonamides is 1. The van der Waals surface area contributed by atoms with Crippen molar-refractivity contribution in [2.24, 2.45) is 5.92 Å². The van der Waals surface area contributed by atoms with Gasteiger partial charge in [0.2, 0.25) is 0 Å². The second-order valence-electron chi connectivity index (χ2n) is 4.88. The summed E-state index contributed by atoms with van der Waals surface area (Å²) in [6.45, 7) is 4.67. The van der Waals surface area contributed by atoms with Crippen LogP contribution in [-0.2, 0) is 10.0 Å². The predicted molar refractivity (Wildman–Crippen MR) is 75.3 cm³/mol. The second-order valence-corrected chi connectivity index (χ2v) is 6.61. The summed E-state index contributed by atoms with van der Waals surface area (Å²) in [5, 5.41) is 0.106. The van der Waals surface area contributed by atoms with E-state index in [4.69, 9.17) is 0 Å². The summed E-state index contributed by atoms with van der Waals surface area (Å²) >= 11 is 0. The van der Waals surface area contributed by atoms with Gasteiger partial charge in [0.25, 0.3) is 10.0 Å². The summed E-state index contributed by atoms with van der Waals surface area (Å²) in [7, 11) is 0.469. The van der Waals surface area contributed by atoms with Crippen LogP contribution in [0.15, 0.2) is 17.6 Å². The Labute approximate surface area is 115 Å². The molecule has 1 unspecified atom stereocenters. The highest BCUT2D eigenvalue weighted by Gasteiger charge is 2.24. The maximum Gasteiger partial charge on any atom is 0.257 e. The van der Waals surface area contributed by atoms with Crippen molar-refractivity contribution in [3.05, 3.63) is 12.5 Å². The van der Waals surface area contributed by atoms with E-state index in [2.05, 4.69) is 33.4 Å². The minimum Gasteiger partial charge on any atom is -0.335 e. The van der Waals surface area contributed by atoms with Gasteiger partial charge >= 0.3 is 0 Å². The zero-order valence-electron chi connectivity index (χ0n) is 12.0. The van der Waals surface area contributed by atoms with E-state index in [9.17, 15) is 8.42 Å². The minimum atomic E-state index is -3.49. The first-order chi connectivity index (χ1) is 8.92. The van der Waals surface area contributed by atoms with Crippen LogP contribution < -0.4 is 4.72 Å². The summed E-state index contributed by atoms with van der Waals surface area (Å²) in [6, 6.07) is 0.188. The molecule has 0 radical (unpaired) electrons. The number of nitrogens with one attached hydrogen (secondary N) is 2. The average Bonchev–Trinajstić information content (AvgIpc) is 2.88. The van der Waals surface area contributed by atoms with Crippen LogP contribution in [0.2, 0.25) is 0 Å². The highest BCUT2D eigenvalue weighted by Crippen LogP contribution is 2.17. The first-order valence-corrected chi connectivity index (χ1v) is 8.05. The summed E-state index contributed by atoms with van der Waals surface area (Å²) in [5.41, 5.74) is 0. The van der Waals surface area contributed by atoms with E-state index in [0.717, 1.165) is 12.8 Å². The van der Waals surface area contributed by atoms with Crippen molar-refractivity contribution in [1.29, 1.82) is 0 Å². The van der Waals surface area contributed by atoms with E-state index in [1.165, 1.54) is 12.5 Å². The number of nitrogens with zero attached hydrogens (tertiary/aromatic N) is 2. The number of hydrogen-bond acceptors (Lipinski definition) is 4.